The van der Waals surface area contributed by atoms with Gasteiger partial charge in [0.05, 0.1) is 11.8 Å². The van der Waals surface area contributed by atoms with Gasteiger partial charge in [-0.1, -0.05) is 30.3 Å². The normalized spacial score (nSPS) is 12.8. The van der Waals surface area contributed by atoms with E-state index < -0.39 is 16.0 Å². The molecule has 0 aliphatic heterocycles. The van der Waals surface area contributed by atoms with Crippen molar-refractivity contribution in [2.24, 2.45) is 0 Å². The van der Waals surface area contributed by atoms with Gasteiger partial charge in [-0.3, -0.25) is 0 Å². The SMILES string of the molecule is Cc1cc(C(=O)O)cc(-c2ccc([C@H](C)NS(C)(=O)=O)cc2)c1. The van der Waals surface area contributed by atoms with E-state index in [0.29, 0.717) is 0 Å². The van der Waals surface area contributed by atoms with Crippen LogP contribution in [-0.2, 0) is 10.0 Å². The maximum atomic E-state index is 11.3. The topological polar surface area (TPSA) is 83.5 Å². The standard InChI is InChI=1S/C17H19NO4S/c1-11-8-15(10-16(9-11)17(19)20)14-6-4-13(5-7-14)12(2)18-23(3,21)22/h4-10,12,18H,1-3H3,(H,19,20)/t12-/m0/s1. The molecule has 2 N–H and O–H groups in total. The average Bonchev–Trinajstić information content (AvgIpc) is 2.45. The Balaban J connectivity index is 2.31. The molecule has 0 radical (unpaired) electrons. The van der Waals surface area contributed by atoms with E-state index in [1.165, 1.54) is 0 Å². The molecule has 0 aliphatic carbocycles. The molecule has 23 heavy (non-hydrogen) atoms. The second kappa shape index (κ2) is 6.52. The van der Waals surface area contributed by atoms with Gasteiger partial charge >= 0.3 is 5.97 Å². The van der Waals surface area contributed by atoms with E-state index in [9.17, 15) is 13.2 Å². The highest BCUT2D eigenvalue weighted by molar-refractivity contribution is 7.88. The molecule has 0 unspecified atom stereocenters. The first-order valence-electron chi connectivity index (χ1n) is 7.08. The van der Waals surface area contributed by atoms with Crippen LogP contribution in [0.4, 0.5) is 0 Å². The van der Waals surface area contributed by atoms with Crippen molar-refractivity contribution in [1.82, 2.24) is 4.72 Å². The number of carboxylic acid groups (broad SMARTS) is 1. The fourth-order valence-electron chi connectivity index (χ4n) is 2.43. The summed E-state index contributed by atoms with van der Waals surface area (Å²) in [4.78, 5) is 11.1. The van der Waals surface area contributed by atoms with Crippen LogP contribution < -0.4 is 4.72 Å². The number of aryl methyl sites for hydroxylation is 1. The van der Waals surface area contributed by atoms with Crippen molar-refractivity contribution >= 4 is 16.0 Å². The summed E-state index contributed by atoms with van der Waals surface area (Å²) in [5, 5.41) is 9.14. The zero-order chi connectivity index (χ0) is 17.2. The summed E-state index contributed by atoms with van der Waals surface area (Å²) in [6.45, 7) is 3.62. The summed E-state index contributed by atoms with van der Waals surface area (Å²) in [5.74, 6) is -0.961. The Hall–Kier alpha value is -2.18. The molecule has 0 bridgehead atoms. The lowest BCUT2D eigenvalue weighted by molar-refractivity contribution is 0.0697. The van der Waals surface area contributed by atoms with Crippen molar-refractivity contribution < 1.29 is 18.3 Å². The number of nitrogens with one attached hydrogen (secondary N) is 1. The van der Waals surface area contributed by atoms with Crippen molar-refractivity contribution in [1.29, 1.82) is 0 Å². The first kappa shape index (κ1) is 17.2. The highest BCUT2D eigenvalue weighted by Crippen LogP contribution is 2.24. The molecule has 0 spiro atoms. The minimum Gasteiger partial charge on any atom is -0.478 e. The van der Waals surface area contributed by atoms with Gasteiger partial charge in [-0.25, -0.2) is 17.9 Å². The number of hydrogen-bond acceptors (Lipinski definition) is 3. The Kier molecular flexibility index (Phi) is 4.87. The van der Waals surface area contributed by atoms with Crippen LogP contribution in [0.5, 0.6) is 0 Å². The molecule has 2 aromatic rings. The molecule has 0 aliphatic rings. The molecule has 0 heterocycles. The predicted molar refractivity (Wildman–Crippen MR) is 90.0 cm³/mol. The summed E-state index contributed by atoms with van der Waals surface area (Å²) in [6, 6.07) is 12.2. The van der Waals surface area contributed by atoms with E-state index in [4.69, 9.17) is 5.11 Å². The van der Waals surface area contributed by atoms with Crippen molar-refractivity contribution in [3.05, 3.63) is 59.2 Å². The monoisotopic (exact) mass is 333 g/mol. The molecule has 0 amide bonds. The number of sulfonamides is 1. The van der Waals surface area contributed by atoms with Crippen LogP contribution >= 0.6 is 0 Å². The number of benzene rings is 2. The van der Waals surface area contributed by atoms with E-state index in [1.54, 1.807) is 19.1 Å². The van der Waals surface area contributed by atoms with E-state index >= 15 is 0 Å². The van der Waals surface area contributed by atoms with E-state index in [1.807, 2.05) is 37.3 Å². The summed E-state index contributed by atoms with van der Waals surface area (Å²) in [6.07, 6.45) is 1.12. The van der Waals surface area contributed by atoms with E-state index in [0.717, 1.165) is 28.5 Å². The number of aromatic carboxylic acids is 1. The molecule has 6 heteroatoms. The number of rotatable bonds is 5. The lowest BCUT2D eigenvalue weighted by Gasteiger charge is -2.13. The molecule has 0 fully saturated rings. The van der Waals surface area contributed by atoms with Gasteiger partial charge in [0.2, 0.25) is 10.0 Å². The minimum atomic E-state index is -3.27. The van der Waals surface area contributed by atoms with Gasteiger partial charge in [0.1, 0.15) is 0 Å². The molecule has 5 nitrogen and oxygen atoms in total. The lowest BCUT2D eigenvalue weighted by atomic mass is 9.98. The van der Waals surface area contributed by atoms with Gasteiger partial charge in [-0.05, 0) is 48.2 Å². The van der Waals surface area contributed by atoms with Gasteiger partial charge in [-0.2, -0.15) is 0 Å². The van der Waals surface area contributed by atoms with Crippen LogP contribution in [0, 0.1) is 6.92 Å². The van der Waals surface area contributed by atoms with Crippen molar-refractivity contribution in [3.63, 3.8) is 0 Å². The van der Waals surface area contributed by atoms with E-state index in [-0.39, 0.29) is 11.6 Å². The van der Waals surface area contributed by atoms with Gasteiger partial charge in [0.15, 0.2) is 0 Å². The summed E-state index contributed by atoms with van der Waals surface area (Å²) < 4.78 is 25.1. The maximum absolute atomic E-state index is 11.3. The van der Waals surface area contributed by atoms with Crippen LogP contribution in [0.2, 0.25) is 0 Å². The molecule has 2 aromatic carbocycles. The van der Waals surface area contributed by atoms with Gasteiger partial charge in [-0.15, -0.1) is 0 Å². The molecule has 0 aromatic heterocycles. The molecule has 1 atom stereocenters. The highest BCUT2D eigenvalue weighted by Gasteiger charge is 2.11. The zero-order valence-corrected chi connectivity index (χ0v) is 14.0. The Morgan fingerprint density at radius 2 is 1.70 bits per heavy atom. The lowest BCUT2D eigenvalue weighted by Crippen LogP contribution is -2.25. The quantitative estimate of drug-likeness (QED) is 0.881. The van der Waals surface area contributed by atoms with Crippen molar-refractivity contribution in [2.75, 3.05) is 6.26 Å². The highest BCUT2D eigenvalue weighted by atomic mass is 32.2. The van der Waals surface area contributed by atoms with Gasteiger partial charge in [0, 0.05) is 6.04 Å². The molecule has 0 saturated heterocycles. The summed E-state index contributed by atoms with van der Waals surface area (Å²) >= 11 is 0. The first-order valence-corrected chi connectivity index (χ1v) is 8.97. The minimum absolute atomic E-state index is 0.246. The average molecular weight is 333 g/mol. The second-order valence-electron chi connectivity index (χ2n) is 5.63. The van der Waals surface area contributed by atoms with Crippen molar-refractivity contribution in [2.45, 2.75) is 19.9 Å². The predicted octanol–water partition coefficient (Wildman–Crippen LogP) is 2.97. The first-order chi connectivity index (χ1) is 10.7. The van der Waals surface area contributed by atoms with Gasteiger partial charge < -0.3 is 5.11 Å². The van der Waals surface area contributed by atoms with Crippen molar-refractivity contribution in [3.8, 4) is 11.1 Å². The van der Waals surface area contributed by atoms with Crippen LogP contribution in [0.1, 0.15) is 34.5 Å². The third-order valence-corrected chi connectivity index (χ3v) is 4.24. The fourth-order valence-corrected chi connectivity index (χ4v) is 3.20. The Morgan fingerprint density at radius 3 is 2.22 bits per heavy atom. The Bertz CT molecular complexity index is 826. The van der Waals surface area contributed by atoms with Crippen LogP contribution in [-0.4, -0.2) is 25.7 Å². The zero-order valence-electron chi connectivity index (χ0n) is 13.2. The van der Waals surface area contributed by atoms with Crippen LogP contribution in [0.25, 0.3) is 11.1 Å². The van der Waals surface area contributed by atoms with Crippen LogP contribution in [0.3, 0.4) is 0 Å². The molecular formula is C17H19NO4S. The van der Waals surface area contributed by atoms with E-state index in [2.05, 4.69) is 4.72 Å². The summed E-state index contributed by atoms with van der Waals surface area (Å²) in [5.41, 5.74) is 3.65. The fraction of sp³-hybridized carbons (Fsp3) is 0.235. The molecule has 0 saturated carbocycles. The third-order valence-electron chi connectivity index (χ3n) is 3.46. The molecule has 2 rings (SSSR count). The molecule has 122 valence electrons. The van der Waals surface area contributed by atoms with Gasteiger partial charge in [0.25, 0.3) is 0 Å². The Morgan fingerprint density at radius 1 is 1.09 bits per heavy atom. The summed E-state index contributed by atoms with van der Waals surface area (Å²) in [7, 11) is -3.27. The molecular weight excluding hydrogens is 314 g/mol. The number of carboxylic acids is 1. The third kappa shape index (κ3) is 4.64. The van der Waals surface area contributed by atoms with Crippen LogP contribution in [0.15, 0.2) is 42.5 Å². The largest absolute Gasteiger partial charge is 0.478 e. The maximum Gasteiger partial charge on any atom is 0.335 e. The number of hydrogen-bond donors (Lipinski definition) is 2. The number of carbonyl (C=O) groups is 1. The second-order valence-corrected chi connectivity index (χ2v) is 7.41. The Labute approximate surface area is 136 Å². The smallest absolute Gasteiger partial charge is 0.335 e.